The molecule has 0 heterocycles. The van der Waals surface area contributed by atoms with E-state index in [9.17, 15) is 9.90 Å². The first kappa shape index (κ1) is 19.9. The van der Waals surface area contributed by atoms with Crippen molar-refractivity contribution in [2.24, 2.45) is 17.8 Å². The van der Waals surface area contributed by atoms with Crippen molar-refractivity contribution in [3.63, 3.8) is 0 Å². The van der Waals surface area contributed by atoms with Gasteiger partial charge in [0.2, 0.25) is 5.91 Å². The average Bonchev–Trinajstić information content (AvgIpc) is 3.14. The number of fused-ring (bicyclic) bond motifs is 1. The number of nitrogens with zero attached hydrogens (tertiary/aromatic N) is 1. The van der Waals surface area contributed by atoms with Gasteiger partial charge in [-0.3, -0.25) is 4.79 Å². The summed E-state index contributed by atoms with van der Waals surface area (Å²) in [7, 11) is 3.64. The van der Waals surface area contributed by atoms with Crippen molar-refractivity contribution in [2.75, 3.05) is 14.1 Å². The lowest BCUT2D eigenvalue weighted by atomic mass is 9.88. The summed E-state index contributed by atoms with van der Waals surface area (Å²) in [6.45, 7) is 2.13. The van der Waals surface area contributed by atoms with E-state index in [1.165, 1.54) is 16.7 Å². The van der Waals surface area contributed by atoms with Crippen LogP contribution in [0.15, 0.2) is 42.0 Å². The van der Waals surface area contributed by atoms with Gasteiger partial charge in [-0.05, 0) is 62.0 Å². The minimum Gasteiger partial charge on any atom is -0.392 e. The molecule has 2 aliphatic rings. The van der Waals surface area contributed by atoms with Gasteiger partial charge in [0, 0.05) is 26.4 Å². The largest absolute Gasteiger partial charge is 0.392 e. The van der Waals surface area contributed by atoms with Crippen LogP contribution in [-0.4, -0.2) is 36.1 Å². The predicted octanol–water partition coefficient (Wildman–Crippen LogP) is 4.60. The van der Waals surface area contributed by atoms with Crippen LogP contribution in [-0.2, 0) is 4.79 Å². The Morgan fingerprint density at radius 2 is 2.04 bits per heavy atom. The third-order valence-electron chi connectivity index (χ3n) is 6.27. The Morgan fingerprint density at radius 1 is 1.26 bits per heavy atom. The van der Waals surface area contributed by atoms with E-state index in [1.807, 2.05) is 14.1 Å². The normalized spacial score (nSPS) is 27.0. The maximum Gasteiger partial charge on any atom is 0.222 e. The minimum atomic E-state index is -0.226. The zero-order valence-electron chi connectivity index (χ0n) is 16.9. The second kappa shape index (κ2) is 8.88. The van der Waals surface area contributed by atoms with E-state index in [-0.39, 0.29) is 17.9 Å². The number of carbonyl (C=O) groups excluding carboxylic acids is 1. The van der Waals surface area contributed by atoms with E-state index in [0.717, 1.165) is 32.1 Å². The Balaban J connectivity index is 1.52. The molecule has 3 rings (SSSR count). The molecule has 0 unspecified atom stereocenters. The summed E-state index contributed by atoms with van der Waals surface area (Å²) in [6.07, 6.45) is 12.4. The first-order valence-corrected chi connectivity index (χ1v) is 10.3. The highest BCUT2D eigenvalue weighted by atomic mass is 16.3. The standard InChI is InChI=1S/C24H33NO2/c1-17-8-4-6-10-19(17)12-13-21-22-15-18(14-20(22)16-23(21)26)9-5-7-11-24(27)25(2)3/h4,6,8,10,12-14,20-23,26H,5,7,9,11,15-16H2,1-3H3/t20-,21+,22-,23+/m0/s1. The molecule has 1 fully saturated rings. The number of allylic oxidation sites excluding steroid dienone is 2. The van der Waals surface area contributed by atoms with Crippen molar-refractivity contribution in [3.05, 3.63) is 53.1 Å². The van der Waals surface area contributed by atoms with E-state index in [1.54, 1.807) is 4.90 Å². The lowest BCUT2D eigenvalue weighted by molar-refractivity contribution is -0.128. The molecule has 1 saturated carbocycles. The summed E-state index contributed by atoms with van der Waals surface area (Å²) in [5.41, 5.74) is 4.05. The smallest absolute Gasteiger partial charge is 0.222 e. The Labute approximate surface area is 163 Å². The molecule has 0 spiro atoms. The molecule has 4 atom stereocenters. The molecule has 0 saturated heterocycles. The van der Waals surface area contributed by atoms with Crippen molar-refractivity contribution in [3.8, 4) is 0 Å². The van der Waals surface area contributed by atoms with Gasteiger partial charge in [0.15, 0.2) is 0 Å². The number of unbranched alkanes of at least 4 members (excludes halogenated alkanes) is 1. The van der Waals surface area contributed by atoms with Crippen LogP contribution in [0.3, 0.4) is 0 Å². The fraction of sp³-hybridized carbons (Fsp3) is 0.542. The van der Waals surface area contributed by atoms with Crippen molar-refractivity contribution in [1.29, 1.82) is 0 Å². The lowest BCUT2D eigenvalue weighted by Crippen LogP contribution is -2.21. The molecule has 0 bridgehead atoms. The molecule has 0 aliphatic heterocycles. The Bertz CT molecular complexity index is 719. The van der Waals surface area contributed by atoms with Crippen LogP contribution in [0.1, 0.15) is 49.7 Å². The van der Waals surface area contributed by atoms with E-state index in [2.05, 4.69) is 49.4 Å². The van der Waals surface area contributed by atoms with E-state index < -0.39 is 0 Å². The van der Waals surface area contributed by atoms with Crippen molar-refractivity contribution in [1.82, 2.24) is 4.90 Å². The number of carbonyl (C=O) groups is 1. The topological polar surface area (TPSA) is 40.5 Å². The number of amides is 1. The van der Waals surface area contributed by atoms with Gasteiger partial charge in [0.1, 0.15) is 0 Å². The zero-order valence-corrected chi connectivity index (χ0v) is 16.9. The van der Waals surface area contributed by atoms with Crippen LogP contribution in [0.4, 0.5) is 0 Å². The molecule has 1 aromatic carbocycles. The van der Waals surface area contributed by atoms with E-state index in [4.69, 9.17) is 0 Å². The van der Waals surface area contributed by atoms with Crippen molar-refractivity contribution >= 4 is 12.0 Å². The maximum absolute atomic E-state index is 11.7. The van der Waals surface area contributed by atoms with Crippen LogP contribution < -0.4 is 0 Å². The monoisotopic (exact) mass is 367 g/mol. The van der Waals surface area contributed by atoms with Crippen LogP contribution in [0.25, 0.3) is 6.08 Å². The van der Waals surface area contributed by atoms with Gasteiger partial charge in [-0.15, -0.1) is 0 Å². The summed E-state index contributed by atoms with van der Waals surface area (Å²) in [5.74, 6) is 1.53. The zero-order chi connectivity index (χ0) is 19.4. The van der Waals surface area contributed by atoms with Crippen LogP contribution in [0.5, 0.6) is 0 Å². The fourth-order valence-electron chi connectivity index (χ4n) is 4.63. The highest BCUT2D eigenvalue weighted by molar-refractivity contribution is 5.75. The SMILES string of the molecule is Cc1ccccc1C=C[C@@H]1[C@H]2CC(CCCCC(=O)N(C)C)=C[C@H]2C[C@H]1O. The molecular weight excluding hydrogens is 334 g/mol. The molecule has 1 aromatic rings. The van der Waals surface area contributed by atoms with Gasteiger partial charge in [0.25, 0.3) is 0 Å². The van der Waals surface area contributed by atoms with Gasteiger partial charge in [-0.25, -0.2) is 0 Å². The number of aliphatic hydroxyl groups is 1. The van der Waals surface area contributed by atoms with Gasteiger partial charge in [0.05, 0.1) is 6.10 Å². The highest BCUT2D eigenvalue weighted by Gasteiger charge is 2.43. The van der Waals surface area contributed by atoms with Crippen molar-refractivity contribution < 1.29 is 9.90 Å². The third-order valence-corrected chi connectivity index (χ3v) is 6.27. The van der Waals surface area contributed by atoms with Gasteiger partial charge in [-0.2, -0.15) is 0 Å². The molecule has 0 radical (unpaired) electrons. The number of rotatable bonds is 7. The first-order chi connectivity index (χ1) is 13.0. The van der Waals surface area contributed by atoms with Gasteiger partial charge < -0.3 is 10.0 Å². The molecule has 27 heavy (non-hydrogen) atoms. The highest BCUT2D eigenvalue weighted by Crippen LogP contribution is 2.48. The molecule has 1 N–H and O–H groups in total. The molecule has 3 nitrogen and oxygen atoms in total. The maximum atomic E-state index is 11.7. The van der Waals surface area contributed by atoms with Crippen LogP contribution in [0, 0.1) is 24.7 Å². The molecule has 3 heteroatoms. The summed E-state index contributed by atoms with van der Waals surface area (Å²) >= 11 is 0. The predicted molar refractivity (Wildman–Crippen MR) is 111 cm³/mol. The Morgan fingerprint density at radius 3 is 2.78 bits per heavy atom. The number of hydrogen-bond acceptors (Lipinski definition) is 2. The van der Waals surface area contributed by atoms with Gasteiger partial charge >= 0.3 is 0 Å². The minimum absolute atomic E-state index is 0.219. The average molecular weight is 368 g/mol. The Kier molecular flexibility index (Phi) is 6.54. The van der Waals surface area contributed by atoms with Gasteiger partial charge in [-0.1, -0.05) is 48.1 Å². The molecule has 0 aromatic heterocycles. The summed E-state index contributed by atoms with van der Waals surface area (Å²) in [4.78, 5) is 13.3. The van der Waals surface area contributed by atoms with Crippen LogP contribution in [0.2, 0.25) is 0 Å². The van der Waals surface area contributed by atoms with Crippen LogP contribution >= 0.6 is 0 Å². The quantitative estimate of drug-likeness (QED) is 0.565. The second-order valence-corrected chi connectivity index (χ2v) is 8.45. The van der Waals surface area contributed by atoms with E-state index in [0.29, 0.717) is 18.3 Å². The fourth-order valence-corrected chi connectivity index (χ4v) is 4.63. The number of aryl methyl sites for hydroxylation is 1. The number of hydrogen-bond donors (Lipinski definition) is 1. The number of benzene rings is 1. The number of aliphatic hydroxyl groups excluding tert-OH is 1. The Hall–Kier alpha value is -1.87. The first-order valence-electron chi connectivity index (χ1n) is 10.3. The second-order valence-electron chi connectivity index (χ2n) is 8.45. The molecule has 1 amide bonds. The lowest BCUT2D eigenvalue weighted by Gasteiger charge is -2.18. The molecule has 2 aliphatic carbocycles. The third kappa shape index (κ3) is 4.90. The van der Waals surface area contributed by atoms with E-state index >= 15 is 0 Å². The summed E-state index contributed by atoms with van der Waals surface area (Å²) in [5, 5.41) is 10.5. The summed E-state index contributed by atoms with van der Waals surface area (Å²) in [6, 6.07) is 8.39. The summed E-state index contributed by atoms with van der Waals surface area (Å²) < 4.78 is 0. The molecule has 146 valence electrons. The molecular formula is C24H33NO2. The van der Waals surface area contributed by atoms with Crippen molar-refractivity contribution in [2.45, 2.75) is 51.6 Å².